The Bertz CT molecular complexity index is 999. The lowest BCUT2D eigenvalue weighted by Crippen LogP contribution is -2.42. The van der Waals surface area contributed by atoms with E-state index in [-0.39, 0.29) is 12.2 Å². The van der Waals surface area contributed by atoms with E-state index in [1.807, 2.05) is 18.2 Å². The first-order valence-corrected chi connectivity index (χ1v) is 8.61. The van der Waals surface area contributed by atoms with Crippen molar-refractivity contribution in [2.75, 3.05) is 0 Å². The standard InChI is InChI=1S/C21H18N2O5/c24-18(28-13-14-6-2-1-3-7-14)12-17(21(26)27)23-20(25)16-10-4-8-15-9-5-11-22-19(15)16/h1-11,17H,12-13H2,(H,23,25)(H,26,27)/t17-/m1/s1. The summed E-state index contributed by atoms with van der Waals surface area (Å²) in [7, 11) is 0. The van der Waals surface area contributed by atoms with Crippen LogP contribution in [0.25, 0.3) is 10.9 Å². The van der Waals surface area contributed by atoms with Crippen LogP contribution in [0.15, 0.2) is 66.9 Å². The highest BCUT2D eigenvalue weighted by atomic mass is 16.5. The molecule has 0 aliphatic rings. The van der Waals surface area contributed by atoms with E-state index >= 15 is 0 Å². The first kappa shape index (κ1) is 19.0. The monoisotopic (exact) mass is 378 g/mol. The quantitative estimate of drug-likeness (QED) is 0.612. The number of carbonyl (C=O) groups is 3. The van der Waals surface area contributed by atoms with Crippen LogP contribution in [0.3, 0.4) is 0 Å². The van der Waals surface area contributed by atoms with Crippen molar-refractivity contribution in [3.8, 4) is 0 Å². The molecule has 1 atom stereocenters. The maximum absolute atomic E-state index is 12.6. The summed E-state index contributed by atoms with van der Waals surface area (Å²) in [6.07, 6.45) is 1.07. The molecule has 2 N–H and O–H groups in total. The molecule has 0 spiro atoms. The van der Waals surface area contributed by atoms with Crippen LogP contribution in [0, 0.1) is 0 Å². The molecule has 1 heterocycles. The number of aliphatic carboxylic acids is 1. The predicted molar refractivity (Wildman–Crippen MR) is 101 cm³/mol. The van der Waals surface area contributed by atoms with Crippen molar-refractivity contribution in [2.24, 2.45) is 0 Å². The van der Waals surface area contributed by atoms with Crippen LogP contribution in [0.5, 0.6) is 0 Å². The van der Waals surface area contributed by atoms with Gasteiger partial charge in [0.05, 0.1) is 17.5 Å². The molecular formula is C21H18N2O5. The Balaban J connectivity index is 1.66. The van der Waals surface area contributed by atoms with E-state index in [9.17, 15) is 19.5 Å². The fourth-order valence-electron chi connectivity index (χ4n) is 2.69. The van der Waals surface area contributed by atoms with Crippen molar-refractivity contribution in [1.29, 1.82) is 0 Å². The van der Waals surface area contributed by atoms with Crippen LogP contribution < -0.4 is 5.32 Å². The minimum atomic E-state index is -1.41. The van der Waals surface area contributed by atoms with Crippen LogP contribution in [0.1, 0.15) is 22.3 Å². The Kier molecular flexibility index (Phi) is 5.96. The summed E-state index contributed by atoms with van der Waals surface area (Å²) in [6.45, 7) is 0.0349. The van der Waals surface area contributed by atoms with Gasteiger partial charge in [-0.15, -0.1) is 0 Å². The molecule has 0 fully saturated rings. The zero-order valence-electron chi connectivity index (χ0n) is 14.9. The number of fused-ring (bicyclic) bond motifs is 1. The Morgan fingerprint density at radius 3 is 2.50 bits per heavy atom. The van der Waals surface area contributed by atoms with Crippen molar-refractivity contribution in [2.45, 2.75) is 19.1 Å². The van der Waals surface area contributed by atoms with Gasteiger partial charge in [0.2, 0.25) is 0 Å². The second-order valence-corrected chi connectivity index (χ2v) is 6.10. The van der Waals surface area contributed by atoms with Gasteiger partial charge in [-0.3, -0.25) is 14.6 Å². The molecule has 3 aromatic rings. The van der Waals surface area contributed by atoms with Gasteiger partial charge in [0.25, 0.3) is 5.91 Å². The van der Waals surface area contributed by atoms with Crippen LogP contribution >= 0.6 is 0 Å². The lowest BCUT2D eigenvalue weighted by Gasteiger charge is -2.15. The third kappa shape index (κ3) is 4.70. The van der Waals surface area contributed by atoms with E-state index in [1.165, 1.54) is 0 Å². The number of carbonyl (C=O) groups excluding carboxylic acids is 2. The number of carboxylic acid groups (broad SMARTS) is 1. The first-order valence-electron chi connectivity index (χ1n) is 8.61. The second kappa shape index (κ2) is 8.77. The van der Waals surface area contributed by atoms with Crippen LogP contribution in [-0.2, 0) is 20.9 Å². The van der Waals surface area contributed by atoms with E-state index in [1.54, 1.807) is 48.7 Å². The molecule has 0 bridgehead atoms. The number of rotatable bonds is 7. The minimum Gasteiger partial charge on any atom is -0.480 e. The topological polar surface area (TPSA) is 106 Å². The molecule has 7 nitrogen and oxygen atoms in total. The average Bonchev–Trinajstić information content (AvgIpc) is 2.72. The molecule has 0 unspecified atom stereocenters. The van der Waals surface area contributed by atoms with Gasteiger partial charge in [-0.1, -0.05) is 48.5 Å². The maximum atomic E-state index is 12.6. The summed E-state index contributed by atoms with van der Waals surface area (Å²) in [5.74, 6) is -2.65. The van der Waals surface area contributed by atoms with Gasteiger partial charge in [0.15, 0.2) is 0 Å². The molecule has 1 amide bonds. The maximum Gasteiger partial charge on any atom is 0.326 e. The van der Waals surface area contributed by atoms with Gasteiger partial charge >= 0.3 is 11.9 Å². The van der Waals surface area contributed by atoms with Crippen LogP contribution in [0.4, 0.5) is 0 Å². The van der Waals surface area contributed by atoms with Crippen molar-refractivity contribution in [1.82, 2.24) is 10.3 Å². The smallest absolute Gasteiger partial charge is 0.326 e. The SMILES string of the molecule is O=C(C[C@@H](NC(=O)c1cccc2cccnc12)C(=O)O)OCc1ccccc1. The van der Waals surface area contributed by atoms with Crippen molar-refractivity contribution < 1.29 is 24.2 Å². The molecule has 0 saturated heterocycles. The van der Waals surface area contributed by atoms with Crippen molar-refractivity contribution in [3.05, 3.63) is 78.0 Å². The zero-order valence-corrected chi connectivity index (χ0v) is 14.9. The largest absolute Gasteiger partial charge is 0.480 e. The third-order valence-electron chi connectivity index (χ3n) is 4.09. The molecule has 2 aromatic carbocycles. The molecule has 0 aliphatic heterocycles. The Labute approximate surface area is 161 Å². The van der Waals surface area contributed by atoms with Gasteiger partial charge in [-0.25, -0.2) is 4.79 Å². The molecule has 1 aromatic heterocycles. The summed E-state index contributed by atoms with van der Waals surface area (Å²) < 4.78 is 5.10. The molecule has 0 radical (unpaired) electrons. The summed E-state index contributed by atoms with van der Waals surface area (Å²) in [5, 5.41) is 12.5. The molecule has 142 valence electrons. The number of para-hydroxylation sites is 1. The van der Waals surface area contributed by atoms with E-state index in [0.717, 1.165) is 10.9 Å². The first-order chi connectivity index (χ1) is 13.5. The fraction of sp³-hybridized carbons (Fsp3) is 0.143. The summed E-state index contributed by atoms with van der Waals surface area (Å²) in [6, 6.07) is 16.2. The van der Waals surface area contributed by atoms with Gasteiger partial charge in [-0.05, 0) is 17.7 Å². The number of pyridine rings is 1. The second-order valence-electron chi connectivity index (χ2n) is 6.10. The number of amides is 1. The third-order valence-corrected chi connectivity index (χ3v) is 4.09. The van der Waals surface area contributed by atoms with Gasteiger partial charge in [0, 0.05) is 11.6 Å². The van der Waals surface area contributed by atoms with Crippen molar-refractivity contribution in [3.63, 3.8) is 0 Å². The summed E-state index contributed by atoms with van der Waals surface area (Å²) >= 11 is 0. The number of aromatic nitrogens is 1. The number of benzene rings is 2. The summed E-state index contributed by atoms with van der Waals surface area (Å²) in [5.41, 5.74) is 1.48. The highest BCUT2D eigenvalue weighted by Gasteiger charge is 2.25. The molecule has 0 aliphatic carbocycles. The van der Waals surface area contributed by atoms with Gasteiger partial charge < -0.3 is 15.2 Å². The highest BCUT2D eigenvalue weighted by Crippen LogP contribution is 2.16. The normalized spacial score (nSPS) is 11.6. The lowest BCUT2D eigenvalue weighted by atomic mass is 10.1. The highest BCUT2D eigenvalue weighted by molar-refractivity contribution is 6.06. The van der Waals surface area contributed by atoms with E-state index in [0.29, 0.717) is 5.52 Å². The van der Waals surface area contributed by atoms with Crippen LogP contribution in [0.2, 0.25) is 0 Å². The molecule has 28 heavy (non-hydrogen) atoms. The molecule has 0 saturated carbocycles. The summed E-state index contributed by atoms with van der Waals surface area (Å²) in [4.78, 5) is 40.3. The number of carboxylic acids is 1. The molecule has 7 heteroatoms. The van der Waals surface area contributed by atoms with Gasteiger partial charge in [-0.2, -0.15) is 0 Å². The zero-order chi connectivity index (χ0) is 19.9. The Hall–Kier alpha value is -3.74. The number of nitrogens with one attached hydrogen (secondary N) is 1. The molecular weight excluding hydrogens is 360 g/mol. The fourth-order valence-corrected chi connectivity index (χ4v) is 2.69. The number of hydrogen-bond acceptors (Lipinski definition) is 5. The number of ether oxygens (including phenoxy) is 1. The number of hydrogen-bond donors (Lipinski definition) is 2. The van der Waals surface area contributed by atoms with E-state index in [4.69, 9.17) is 4.74 Å². The van der Waals surface area contributed by atoms with E-state index in [2.05, 4.69) is 10.3 Å². The molecule has 3 rings (SSSR count). The average molecular weight is 378 g/mol. The lowest BCUT2D eigenvalue weighted by molar-refractivity contribution is -0.150. The van der Waals surface area contributed by atoms with Gasteiger partial charge in [0.1, 0.15) is 12.6 Å². The number of nitrogens with zero attached hydrogens (tertiary/aromatic N) is 1. The number of esters is 1. The predicted octanol–water partition coefficient (Wildman–Crippen LogP) is 2.55. The van der Waals surface area contributed by atoms with E-state index < -0.39 is 30.3 Å². The minimum absolute atomic E-state index is 0.0349. The van der Waals surface area contributed by atoms with Crippen LogP contribution in [-0.4, -0.2) is 34.0 Å². The Morgan fingerprint density at radius 1 is 1.00 bits per heavy atom. The van der Waals surface area contributed by atoms with Crippen molar-refractivity contribution >= 4 is 28.7 Å². The Morgan fingerprint density at radius 2 is 1.75 bits per heavy atom.